The number of sulfonamides is 1. The number of amides is 1. The minimum atomic E-state index is -3.74. The summed E-state index contributed by atoms with van der Waals surface area (Å²) in [6.07, 6.45) is 0. The van der Waals surface area contributed by atoms with Gasteiger partial charge in [0.15, 0.2) is 0 Å². The number of hydrogen-bond acceptors (Lipinski definition) is 4. The predicted molar refractivity (Wildman–Crippen MR) is 128 cm³/mol. The summed E-state index contributed by atoms with van der Waals surface area (Å²) in [4.78, 5) is 13.7. The number of carbonyl (C=O) groups is 1. The molecule has 3 aromatic carbocycles. The van der Waals surface area contributed by atoms with E-state index in [0.717, 1.165) is 16.2 Å². The van der Waals surface area contributed by atoms with E-state index in [9.17, 15) is 13.2 Å². The Bertz CT molecular complexity index is 1160. The van der Waals surface area contributed by atoms with Gasteiger partial charge in [-0.2, -0.15) is 0 Å². The maximum absolute atomic E-state index is 12.5. The van der Waals surface area contributed by atoms with E-state index in [2.05, 4.69) is 34.3 Å². The van der Waals surface area contributed by atoms with Gasteiger partial charge in [0.05, 0.1) is 21.2 Å². The van der Waals surface area contributed by atoms with Crippen LogP contribution in [0.25, 0.3) is 0 Å². The number of thioether (sulfide) groups is 1. The zero-order valence-corrected chi connectivity index (χ0v) is 19.6. The molecule has 0 spiro atoms. The Hall–Kier alpha value is -2.48. The van der Waals surface area contributed by atoms with E-state index < -0.39 is 10.0 Å². The summed E-state index contributed by atoms with van der Waals surface area (Å²) in [7, 11) is -3.74. The number of benzene rings is 3. The quantitative estimate of drug-likeness (QED) is 0.344. The van der Waals surface area contributed by atoms with Gasteiger partial charge in [0.25, 0.3) is 15.9 Å². The van der Waals surface area contributed by atoms with Gasteiger partial charge >= 0.3 is 0 Å². The minimum absolute atomic E-state index is 0.155. The Kier molecular flexibility index (Phi) is 7.64. The van der Waals surface area contributed by atoms with Gasteiger partial charge in [0, 0.05) is 17.2 Å². The molecule has 1 amide bonds. The van der Waals surface area contributed by atoms with E-state index >= 15 is 0 Å². The molecule has 0 radical (unpaired) electrons. The highest BCUT2D eigenvalue weighted by Crippen LogP contribution is 2.24. The van der Waals surface area contributed by atoms with Gasteiger partial charge < -0.3 is 5.32 Å². The van der Waals surface area contributed by atoms with E-state index in [0.29, 0.717) is 12.1 Å². The highest BCUT2D eigenvalue weighted by Gasteiger charge is 2.16. The fraction of sp³-hybridized carbons (Fsp3) is 0.174. The minimum Gasteiger partial charge on any atom is -0.351 e. The number of aryl methyl sites for hydroxylation is 2. The Labute approximate surface area is 192 Å². The fourth-order valence-corrected chi connectivity index (χ4v) is 4.84. The van der Waals surface area contributed by atoms with Gasteiger partial charge in [-0.1, -0.05) is 47.0 Å². The smallest absolute Gasteiger partial charge is 0.261 e. The van der Waals surface area contributed by atoms with Crippen molar-refractivity contribution in [1.29, 1.82) is 0 Å². The SMILES string of the molecule is Cc1ccc(SCCNC(=O)c2ccc(NS(=O)(=O)c3ccc(C)cc3)cc2Cl)cc1. The summed E-state index contributed by atoms with van der Waals surface area (Å²) in [6.45, 7) is 4.40. The van der Waals surface area contributed by atoms with Crippen LogP contribution in [-0.4, -0.2) is 26.6 Å². The van der Waals surface area contributed by atoms with Crippen LogP contribution >= 0.6 is 23.4 Å². The first kappa shape index (κ1) is 23.2. The number of halogens is 1. The highest BCUT2D eigenvalue weighted by molar-refractivity contribution is 7.99. The molecule has 0 aromatic heterocycles. The highest BCUT2D eigenvalue weighted by atomic mass is 35.5. The number of rotatable bonds is 8. The second-order valence-electron chi connectivity index (χ2n) is 7.03. The van der Waals surface area contributed by atoms with E-state index in [1.54, 1.807) is 23.9 Å². The summed E-state index contributed by atoms with van der Waals surface area (Å²) in [6, 6.07) is 19.2. The number of nitrogens with one attached hydrogen (secondary N) is 2. The van der Waals surface area contributed by atoms with Gasteiger partial charge in [-0.05, 0) is 56.3 Å². The van der Waals surface area contributed by atoms with Crippen molar-refractivity contribution in [3.8, 4) is 0 Å². The summed E-state index contributed by atoms with van der Waals surface area (Å²) >= 11 is 7.90. The molecule has 31 heavy (non-hydrogen) atoms. The molecule has 0 atom stereocenters. The molecule has 2 N–H and O–H groups in total. The molecule has 0 aliphatic heterocycles. The van der Waals surface area contributed by atoms with E-state index in [1.807, 2.05) is 13.8 Å². The van der Waals surface area contributed by atoms with Crippen LogP contribution in [0.3, 0.4) is 0 Å². The van der Waals surface area contributed by atoms with Crippen molar-refractivity contribution < 1.29 is 13.2 Å². The molecule has 3 aromatic rings. The first-order valence-electron chi connectivity index (χ1n) is 9.61. The summed E-state index contributed by atoms with van der Waals surface area (Å²) in [5.41, 5.74) is 2.75. The zero-order valence-electron chi connectivity index (χ0n) is 17.2. The van der Waals surface area contributed by atoms with Gasteiger partial charge in [0.1, 0.15) is 0 Å². The van der Waals surface area contributed by atoms with E-state index in [-0.39, 0.29) is 21.5 Å². The van der Waals surface area contributed by atoms with E-state index in [4.69, 9.17) is 11.6 Å². The predicted octanol–water partition coefficient (Wildman–Crippen LogP) is 5.28. The van der Waals surface area contributed by atoms with Crippen LogP contribution in [0, 0.1) is 13.8 Å². The number of hydrogen-bond donors (Lipinski definition) is 2. The first-order chi connectivity index (χ1) is 14.7. The molecular formula is C23H23ClN2O3S2. The monoisotopic (exact) mass is 474 g/mol. The molecule has 0 bridgehead atoms. The second kappa shape index (κ2) is 10.2. The lowest BCUT2D eigenvalue weighted by molar-refractivity contribution is 0.0956. The van der Waals surface area contributed by atoms with Crippen molar-refractivity contribution >= 4 is 45.0 Å². The van der Waals surface area contributed by atoms with Crippen molar-refractivity contribution in [3.63, 3.8) is 0 Å². The van der Waals surface area contributed by atoms with Crippen molar-refractivity contribution in [2.24, 2.45) is 0 Å². The normalized spacial score (nSPS) is 11.2. The third kappa shape index (κ3) is 6.50. The van der Waals surface area contributed by atoms with Crippen LogP contribution < -0.4 is 10.0 Å². The average molecular weight is 475 g/mol. The largest absolute Gasteiger partial charge is 0.351 e. The summed E-state index contributed by atoms with van der Waals surface area (Å²) in [5, 5.41) is 3.01. The van der Waals surface area contributed by atoms with Crippen LogP contribution in [0.5, 0.6) is 0 Å². The number of anilines is 1. The van der Waals surface area contributed by atoms with Crippen molar-refractivity contribution in [2.45, 2.75) is 23.6 Å². The zero-order chi connectivity index (χ0) is 22.4. The van der Waals surface area contributed by atoms with Gasteiger partial charge in [-0.15, -0.1) is 11.8 Å². The molecule has 0 aliphatic rings. The molecule has 0 heterocycles. The molecular weight excluding hydrogens is 452 g/mol. The lowest BCUT2D eigenvalue weighted by Crippen LogP contribution is -2.26. The first-order valence-corrected chi connectivity index (χ1v) is 12.5. The van der Waals surface area contributed by atoms with Crippen LogP contribution in [0.4, 0.5) is 5.69 Å². The molecule has 162 valence electrons. The standard InChI is InChI=1S/C23H23ClN2O3S2/c1-16-3-8-19(9-4-16)30-14-13-25-23(27)21-12-7-18(15-22(21)24)26-31(28,29)20-10-5-17(2)6-11-20/h3-12,15,26H,13-14H2,1-2H3,(H,25,27). The lowest BCUT2D eigenvalue weighted by atomic mass is 10.2. The lowest BCUT2D eigenvalue weighted by Gasteiger charge is -2.11. The molecule has 0 unspecified atom stereocenters. The Morgan fingerprint density at radius 1 is 0.935 bits per heavy atom. The van der Waals surface area contributed by atoms with Crippen LogP contribution in [0.2, 0.25) is 5.02 Å². The topological polar surface area (TPSA) is 75.3 Å². The maximum Gasteiger partial charge on any atom is 0.261 e. The maximum atomic E-state index is 12.5. The third-order valence-electron chi connectivity index (χ3n) is 4.47. The van der Waals surface area contributed by atoms with Crippen molar-refractivity contribution in [3.05, 3.63) is 88.4 Å². The third-order valence-corrected chi connectivity index (χ3v) is 7.20. The molecule has 0 saturated heterocycles. The molecule has 5 nitrogen and oxygen atoms in total. The Morgan fingerprint density at radius 2 is 1.55 bits per heavy atom. The average Bonchev–Trinajstić information content (AvgIpc) is 2.72. The summed E-state index contributed by atoms with van der Waals surface area (Å²) < 4.78 is 27.5. The molecule has 0 fully saturated rings. The molecule has 0 saturated carbocycles. The Balaban J connectivity index is 1.57. The van der Waals surface area contributed by atoms with Gasteiger partial charge in [0.2, 0.25) is 0 Å². The van der Waals surface area contributed by atoms with Gasteiger partial charge in [-0.3, -0.25) is 9.52 Å². The van der Waals surface area contributed by atoms with Crippen molar-refractivity contribution in [2.75, 3.05) is 17.0 Å². The second-order valence-corrected chi connectivity index (χ2v) is 10.3. The van der Waals surface area contributed by atoms with Crippen LogP contribution in [-0.2, 0) is 10.0 Å². The fourth-order valence-electron chi connectivity index (χ4n) is 2.76. The van der Waals surface area contributed by atoms with Crippen LogP contribution in [0.1, 0.15) is 21.5 Å². The van der Waals surface area contributed by atoms with E-state index in [1.165, 1.54) is 35.9 Å². The van der Waals surface area contributed by atoms with Crippen molar-refractivity contribution in [1.82, 2.24) is 5.32 Å². The molecule has 8 heteroatoms. The Morgan fingerprint density at radius 3 is 2.16 bits per heavy atom. The van der Waals surface area contributed by atoms with Crippen LogP contribution in [0.15, 0.2) is 76.5 Å². The molecule has 0 aliphatic carbocycles. The molecule has 3 rings (SSSR count). The summed E-state index contributed by atoms with van der Waals surface area (Å²) in [5.74, 6) is 0.420. The van der Waals surface area contributed by atoms with Gasteiger partial charge in [-0.25, -0.2) is 8.42 Å². The number of carbonyl (C=O) groups excluding carboxylic acids is 1.